The Morgan fingerprint density at radius 2 is 2.27 bits per heavy atom. The Kier molecular flexibility index (Phi) is 2.18. The number of aromatic nitrogens is 2. The highest BCUT2D eigenvalue weighted by atomic mass is 16.2. The van der Waals surface area contributed by atoms with E-state index in [1.165, 1.54) is 6.07 Å². The molecule has 15 heavy (non-hydrogen) atoms. The molecular weight excluding hydrogens is 196 g/mol. The van der Waals surface area contributed by atoms with E-state index in [2.05, 4.69) is 5.10 Å². The van der Waals surface area contributed by atoms with Crippen molar-refractivity contribution < 1.29 is 9.59 Å². The van der Waals surface area contributed by atoms with Crippen molar-refractivity contribution in [2.75, 3.05) is 13.6 Å². The van der Waals surface area contributed by atoms with Gasteiger partial charge in [0.15, 0.2) is 5.69 Å². The molecule has 2 amide bonds. The number of nitrogens with two attached hydrogens (primary N) is 1. The summed E-state index contributed by atoms with van der Waals surface area (Å²) in [6.07, 6.45) is 0.828. The smallest absolute Gasteiger partial charge is 0.271 e. The van der Waals surface area contributed by atoms with E-state index in [0.29, 0.717) is 18.8 Å². The second kappa shape index (κ2) is 3.38. The van der Waals surface area contributed by atoms with Gasteiger partial charge in [0.05, 0.1) is 0 Å². The fourth-order valence-electron chi connectivity index (χ4n) is 1.63. The van der Waals surface area contributed by atoms with Gasteiger partial charge in [-0.2, -0.15) is 5.10 Å². The first-order chi connectivity index (χ1) is 7.09. The molecule has 2 heterocycles. The molecular formula is C9H12N4O2. The third kappa shape index (κ3) is 1.58. The quantitative estimate of drug-likeness (QED) is 0.672. The highest BCUT2D eigenvalue weighted by molar-refractivity contribution is 5.97. The van der Waals surface area contributed by atoms with Crippen LogP contribution in [0.4, 0.5) is 0 Å². The van der Waals surface area contributed by atoms with Gasteiger partial charge in [0.25, 0.3) is 11.8 Å². The summed E-state index contributed by atoms with van der Waals surface area (Å²) in [5.41, 5.74) is 5.69. The van der Waals surface area contributed by atoms with Gasteiger partial charge in [-0.1, -0.05) is 0 Å². The maximum absolute atomic E-state index is 11.8. The summed E-state index contributed by atoms with van der Waals surface area (Å²) in [5.74, 6) is -0.724. The van der Waals surface area contributed by atoms with Crippen LogP contribution in [0.3, 0.4) is 0 Å². The lowest BCUT2D eigenvalue weighted by molar-refractivity contribution is 0.0796. The third-order valence-corrected chi connectivity index (χ3v) is 2.46. The fraction of sp³-hybridized carbons (Fsp3) is 0.444. The molecule has 0 unspecified atom stereocenters. The minimum atomic E-state index is -0.606. The van der Waals surface area contributed by atoms with E-state index in [9.17, 15) is 9.59 Å². The Labute approximate surface area is 86.6 Å². The first-order valence-electron chi connectivity index (χ1n) is 4.72. The fourth-order valence-corrected chi connectivity index (χ4v) is 1.63. The van der Waals surface area contributed by atoms with E-state index < -0.39 is 5.91 Å². The second-order valence-corrected chi connectivity index (χ2v) is 3.58. The van der Waals surface area contributed by atoms with Crippen molar-refractivity contribution >= 4 is 11.8 Å². The number of hydrogen-bond acceptors (Lipinski definition) is 3. The minimum Gasteiger partial charge on any atom is -0.364 e. The Bertz CT molecular complexity index is 424. The van der Waals surface area contributed by atoms with Gasteiger partial charge in [-0.15, -0.1) is 0 Å². The summed E-state index contributed by atoms with van der Waals surface area (Å²) >= 11 is 0. The summed E-state index contributed by atoms with van der Waals surface area (Å²) in [7, 11) is 1.73. The van der Waals surface area contributed by atoms with E-state index in [1.54, 1.807) is 16.6 Å². The van der Waals surface area contributed by atoms with Crippen molar-refractivity contribution in [1.29, 1.82) is 0 Å². The summed E-state index contributed by atoms with van der Waals surface area (Å²) in [6.45, 7) is 1.34. The topological polar surface area (TPSA) is 81.2 Å². The Hall–Kier alpha value is -1.85. The summed E-state index contributed by atoms with van der Waals surface area (Å²) in [5, 5.41) is 3.99. The number of rotatable bonds is 1. The Morgan fingerprint density at radius 3 is 2.93 bits per heavy atom. The number of carbonyl (C=O) groups is 2. The van der Waals surface area contributed by atoms with Gasteiger partial charge in [-0.25, -0.2) is 0 Å². The molecule has 1 aromatic rings. The molecule has 1 aliphatic rings. The number of amides is 2. The zero-order valence-corrected chi connectivity index (χ0v) is 8.43. The zero-order valence-electron chi connectivity index (χ0n) is 8.43. The number of primary amides is 1. The van der Waals surface area contributed by atoms with Crippen molar-refractivity contribution in [3.05, 3.63) is 17.5 Å². The van der Waals surface area contributed by atoms with E-state index in [1.807, 2.05) is 0 Å². The van der Waals surface area contributed by atoms with Gasteiger partial charge >= 0.3 is 0 Å². The molecule has 80 valence electrons. The molecule has 0 spiro atoms. The van der Waals surface area contributed by atoms with Gasteiger partial charge < -0.3 is 10.6 Å². The van der Waals surface area contributed by atoms with Gasteiger partial charge in [0.2, 0.25) is 0 Å². The molecule has 0 atom stereocenters. The molecule has 2 N–H and O–H groups in total. The van der Waals surface area contributed by atoms with Crippen LogP contribution in [-0.4, -0.2) is 40.1 Å². The van der Waals surface area contributed by atoms with Crippen LogP contribution in [0.25, 0.3) is 0 Å². The molecule has 1 aliphatic heterocycles. The molecule has 1 aromatic heterocycles. The third-order valence-electron chi connectivity index (χ3n) is 2.46. The normalized spacial score (nSPS) is 16.1. The molecule has 0 aliphatic carbocycles. The van der Waals surface area contributed by atoms with Crippen LogP contribution in [0.2, 0.25) is 0 Å². The summed E-state index contributed by atoms with van der Waals surface area (Å²) < 4.78 is 1.55. The lowest BCUT2D eigenvalue weighted by Crippen LogP contribution is -2.26. The van der Waals surface area contributed by atoms with Crippen LogP contribution in [0.1, 0.15) is 27.4 Å². The number of aryl methyl sites for hydroxylation is 1. The van der Waals surface area contributed by atoms with Gasteiger partial charge in [0, 0.05) is 26.2 Å². The molecule has 0 fully saturated rings. The van der Waals surface area contributed by atoms with E-state index in [-0.39, 0.29) is 11.6 Å². The lowest BCUT2D eigenvalue weighted by Gasteiger charge is -2.11. The first-order valence-corrected chi connectivity index (χ1v) is 4.72. The van der Waals surface area contributed by atoms with Crippen molar-refractivity contribution in [2.45, 2.75) is 13.0 Å². The van der Waals surface area contributed by atoms with E-state index in [0.717, 1.165) is 6.42 Å². The molecule has 0 bridgehead atoms. The second-order valence-electron chi connectivity index (χ2n) is 3.58. The van der Waals surface area contributed by atoms with Crippen LogP contribution in [0.5, 0.6) is 0 Å². The van der Waals surface area contributed by atoms with Crippen LogP contribution in [0.15, 0.2) is 6.07 Å². The number of hydrogen-bond donors (Lipinski definition) is 1. The molecule has 0 radical (unpaired) electrons. The largest absolute Gasteiger partial charge is 0.364 e. The highest BCUT2D eigenvalue weighted by Crippen LogP contribution is 2.12. The molecule has 2 rings (SSSR count). The van der Waals surface area contributed by atoms with Gasteiger partial charge in [-0.3, -0.25) is 14.3 Å². The minimum absolute atomic E-state index is 0.118. The zero-order chi connectivity index (χ0) is 11.0. The highest BCUT2D eigenvalue weighted by Gasteiger charge is 2.23. The number of fused-ring (bicyclic) bond motifs is 1. The average Bonchev–Trinajstić information content (AvgIpc) is 2.55. The Balaban J connectivity index is 2.45. The van der Waals surface area contributed by atoms with Gasteiger partial charge in [0.1, 0.15) is 5.69 Å². The van der Waals surface area contributed by atoms with E-state index >= 15 is 0 Å². The van der Waals surface area contributed by atoms with Crippen LogP contribution >= 0.6 is 0 Å². The predicted molar refractivity (Wildman–Crippen MR) is 52.3 cm³/mol. The van der Waals surface area contributed by atoms with Crippen LogP contribution < -0.4 is 5.73 Å². The average molecular weight is 208 g/mol. The SMILES string of the molecule is CN1CCCn2nc(C(N)=O)cc2C1=O. The standard InChI is InChI=1S/C9H12N4O2/c1-12-3-2-4-13-7(9(12)15)5-6(11-13)8(10)14/h5H,2-4H2,1H3,(H2,10,14). The molecule has 6 nitrogen and oxygen atoms in total. The van der Waals surface area contributed by atoms with Gasteiger partial charge in [-0.05, 0) is 6.42 Å². The maximum atomic E-state index is 11.8. The number of nitrogens with zero attached hydrogens (tertiary/aromatic N) is 3. The van der Waals surface area contributed by atoms with Crippen molar-refractivity contribution in [3.8, 4) is 0 Å². The monoisotopic (exact) mass is 208 g/mol. The summed E-state index contributed by atoms with van der Waals surface area (Å²) in [6, 6.07) is 1.45. The molecule has 0 aromatic carbocycles. The van der Waals surface area contributed by atoms with E-state index in [4.69, 9.17) is 5.73 Å². The van der Waals surface area contributed by atoms with Crippen LogP contribution in [0, 0.1) is 0 Å². The van der Waals surface area contributed by atoms with Crippen molar-refractivity contribution in [2.24, 2.45) is 5.73 Å². The Morgan fingerprint density at radius 1 is 1.53 bits per heavy atom. The maximum Gasteiger partial charge on any atom is 0.271 e. The predicted octanol–water partition coefficient (Wildman–Crippen LogP) is -0.542. The molecule has 6 heteroatoms. The number of carbonyl (C=O) groups excluding carboxylic acids is 2. The lowest BCUT2D eigenvalue weighted by atomic mass is 10.3. The summed E-state index contributed by atoms with van der Waals surface area (Å²) in [4.78, 5) is 24.3. The van der Waals surface area contributed by atoms with Crippen molar-refractivity contribution in [1.82, 2.24) is 14.7 Å². The molecule has 0 saturated carbocycles. The first kappa shape index (κ1) is 9.70. The van der Waals surface area contributed by atoms with Crippen LogP contribution in [-0.2, 0) is 6.54 Å². The van der Waals surface area contributed by atoms with Crippen molar-refractivity contribution in [3.63, 3.8) is 0 Å². The molecule has 0 saturated heterocycles.